The quantitative estimate of drug-likeness (QED) is 0.622. The summed E-state index contributed by atoms with van der Waals surface area (Å²) >= 11 is 0. The van der Waals surface area contributed by atoms with Gasteiger partial charge in [-0.1, -0.05) is 23.4 Å². The van der Waals surface area contributed by atoms with Gasteiger partial charge < -0.3 is 5.32 Å². The molecule has 0 aliphatic carbocycles. The lowest BCUT2D eigenvalue weighted by atomic mass is 10.1. The molecule has 1 heterocycles. The van der Waals surface area contributed by atoms with Crippen molar-refractivity contribution in [3.05, 3.63) is 51.8 Å². The smallest absolute Gasteiger partial charge is 0.272 e. The normalized spacial score (nSPS) is 10.6. The van der Waals surface area contributed by atoms with Crippen LogP contribution >= 0.6 is 0 Å². The highest BCUT2D eigenvalue weighted by Crippen LogP contribution is 2.18. The first-order chi connectivity index (χ1) is 9.20. The molecule has 1 N–H and O–H groups in total. The van der Waals surface area contributed by atoms with Crippen LogP contribution in [0.4, 0.5) is 5.69 Å². The molecule has 0 radical (unpaired) electrons. The molecular weight excluding hydrogens is 246 g/mol. The predicted molar refractivity (Wildman–Crippen MR) is 69.6 cm³/mol. The summed E-state index contributed by atoms with van der Waals surface area (Å²) in [5.41, 5.74) is 1.71. The summed E-state index contributed by atoms with van der Waals surface area (Å²) in [4.78, 5) is 10.5. The van der Waals surface area contributed by atoms with Gasteiger partial charge in [-0.25, -0.2) is 0 Å². The van der Waals surface area contributed by atoms with Crippen molar-refractivity contribution in [3.8, 4) is 0 Å². The summed E-state index contributed by atoms with van der Waals surface area (Å²) in [5, 5.41) is 21.8. The third-order valence-corrected chi connectivity index (χ3v) is 2.74. The lowest BCUT2D eigenvalue weighted by molar-refractivity contribution is -0.385. The third kappa shape index (κ3) is 3.35. The van der Waals surface area contributed by atoms with Gasteiger partial charge in [0.05, 0.1) is 10.6 Å². The molecule has 0 saturated carbocycles. The number of nitrogens with one attached hydrogen (secondary N) is 1. The topological polar surface area (TPSA) is 85.9 Å². The first-order valence-electron chi connectivity index (χ1n) is 5.96. The summed E-state index contributed by atoms with van der Waals surface area (Å²) in [6, 6.07) is 6.75. The van der Waals surface area contributed by atoms with Gasteiger partial charge in [0, 0.05) is 30.9 Å². The van der Waals surface area contributed by atoms with Gasteiger partial charge in [-0.15, -0.1) is 5.10 Å². The largest absolute Gasteiger partial charge is 0.314 e. The Morgan fingerprint density at radius 2 is 2.21 bits per heavy atom. The van der Waals surface area contributed by atoms with Gasteiger partial charge in [0.15, 0.2) is 0 Å². The minimum Gasteiger partial charge on any atom is -0.314 e. The van der Waals surface area contributed by atoms with Crippen LogP contribution in [0, 0.1) is 10.1 Å². The predicted octanol–water partition coefficient (Wildman–Crippen LogP) is 1.15. The van der Waals surface area contributed by atoms with E-state index in [1.165, 1.54) is 6.07 Å². The molecule has 0 spiro atoms. The molecule has 100 valence electrons. The zero-order valence-corrected chi connectivity index (χ0v) is 10.6. The van der Waals surface area contributed by atoms with Crippen LogP contribution in [-0.2, 0) is 19.5 Å². The van der Waals surface area contributed by atoms with Crippen LogP contribution in [0.1, 0.15) is 11.3 Å². The molecule has 1 aromatic heterocycles. The number of rotatable bonds is 6. The number of hydrogen-bond acceptors (Lipinski definition) is 5. The van der Waals surface area contributed by atoms with Crippen molar-refractivity contribution in [3.63, 3.8) is 0 Å². The van der Waals surface area contributed by atoms with Crippen molar-refractivity contribution in [1.82, 2.24) is 20.3 Å². The second-order valence-corrected chi connectivity index (χ2v) is 4.14. The molecule has 0 amide bonds. The Morgan fingerprint density at radius 3 is 2.95 bits per heavy atom. The third-order valence-electron chi connectivity index (χ3n) is 2.74. The Hall–Kier alpha value is -2.28. The van der Waals surface area contributed by atoms with Gasteiger partial charge in [0.1, 0.15) is 0 Å². The minimum atomic E-state index is -0.358. The number of aryl methyl sites for hydroxylation is 2. The van der Waals surface area contributed by atoms with E-state index in [1.807, 2.05) is 13.2 Å². The second kappa shape index (κ2) is 6.05. The lowest BCUT2D eigenvalue weighted by Crippen LogP contribution is -2.05. The number of nitro benzene ring substituents is 1. The van der Waals surface area contributed by atoms with Gasteiger partial charge in [-0.05, 0) is 13.5 Å². The van der Waals surface area contributed by atoms with E-state index < -0.39 is 0 Å². The highest BCUT2D eigenvalue weighted by atomic mass is 16.6. The highest BCUT2D eigenvalue weighted by molar-refractivity contribution is 5.39. The van der Waals surface area contributed by atoms with Crippen LogP contribution in [0.2, 0.25) is 0 Å². The average molecular weight is 261 g/mol. The monoisotopic (exact) mass is 261 g/mol. The van der Waals surface area contributed by atoms with Gasteiger partial charge in [0.2, 0.25) is 0 Å². The molecule has 0 fully saturated rings. The van der Waals surface area contributed by atoms with E-state index in [1.54, 1.807) is 22.9 Å². The van der Waals surface area contributed by atoms with Crippen molar-refractivity contribution in [2.45, 2.75) is 19.5 Å². The van der Waals surface area contributed by atoms with Crippen molar-refractivity contribution >= 4 is 5.69 Å². The molecule has 0 saturated heterocycles. The standard InChI is InChI=1S/C12H15N5O2/c1-13-8-11-9-16(15-14-11)7-6-10-4-2-3-5-12(10)17(18)19/h2-5,9,13H,6-8H2,1H3. The van der Waals surface area contributed by atoms with E-state index in [0.717, 1.165) is 5.69 Å². The van der Waals surface area contributed by atoms with Crippen molar-refractivity contribution in [2.75, 3.05) is 7.05 Å². The molecule has 7 heteroatoms. The Labute approximate surface area is 110 Å². The fourth-order valence-electron chi connectivity index (χ4n) is 1.85. The van der Waals surface area contributed by atoms with Crippen LogP contribution in [0.15, 0.2) is 30.5 Å². The zero-order valence-electron chi connectivity index (χ0n) is 10.6. The second-order valence-electron chi connectivity index (χ2n) is 4.14. The Morgan fingerprint density at radius 1 is 1.42 bits per heavy atom. The van der Waals surface area contributed by atoms with E-state index in [-0.39, 0.29) is 10.6 Å². The number of para-hydroxylation sites is 1. The summed E-state index contributed by atoms with van der Waals surface area (Å²) in [6.45, 7) is 1.23. The van der Waals surface area contributed by atoms with E-state index >= 15 is 0 Å². The van der Waals surface area contributed by atoms with Crippen LogP contribution in [0.25, 0.3) is 0 Å². The molecule has 1 aromatic carbocycles. The summed E-state index contributed by atoms with van der Waals surface area (Å²) in [6.07, 6.45) is 2.39. The van der Waals surface area contributed by atoms with Crippen molar-refractivity contribution in [1.29, 1.82) is 0 Å². The molecule has 2 aromatic rings. The Bertz CT molecular complexity index is 567. The zero-order chi connectivity index (χ0) is 13.7. The number of benzene rings is 1. The number of aromatic nitrogens is 3. The summed E-state index contributed by atoms with van der Waals surface area (Å²) in [7, 11) is 1.84. The van der Waals surface area contributed by atoms with Crippen LogP contribution < -0.4 is 5.32 Å². The number of nitrogens with zero attached hydrogens (tertiary/aromatic N) is 4. The average Bonchev–Trinajstić information content (AvgIpc) is 2.85. The Balaban J connectivity index is 2.03. The molecule has 0 atom stereocenters. The van der Waals surface area contributed by atoms with Crippen molar-refractivity contribution < 1.29 is 4.92 Å². The number of nitro groups is 1. The van der Waals surface area contributed by atoms with E-state index in [2.05, 4.69) is 15.6 Å². The van der Waals surface area contributed by atoms with E-state index in [9.17, 15) is 10.1 Å². The first-order valence-corrected chi connectivity index (χ1v) is 5.96. The molecule has 0 bridgehead atoms. The number of hydrogen-bond donors (Lipinski definition) is 1. The first kappa shape index (κ1) is 13.2. The van der Waals surface area contributed by atoms with Gasteiger partial charge in [-0.2, -0.15) is 0 Å². The SMILES string of the molecule is CNCc1cn(CCc2ccccc2[N+](=O)[O-])nn1. The highest BCUT2D eigenvalue weighted by Gasteiger charge is 2.12. The summed E-state index contributed by atoms with van der Waals surface area (Å²) in [5.74, 6) is 0. The maximum Gasteiger partial charge on any atom is 0.272 e. The molecule has 0 aliphatic heterocycles. The van der Waals surface area contributed by atoms with E-state index in [4.69, 9.17) is 0 Å². The molecular formula is C12H15N5O2. The maximum absolute atomic E-state index is 10.9. The molecule has 0 unspecified atom stereocenters. The maximum atomic E-state index is 10.9. The van der Waals surface area contributed by atoms with Crippen LogP contribution in [0.5, 0.6) is 0 Å². The van der Waals surface area contributed by atoms with Crippen molar-refractivity contribution in [2.24, 2.45) is 0 Å². The van der Waals surface area contributed by atoms with Gasteiger partial charge >= 0.3 is 0 Å². The van der Waals surface area contributed by atoms with Crippen LogP contribution in [-0.4, -0.2) is 27.0 Å². The van der Waals surface area contributed by atoms with Gasteiger partial charge in [0.25, 0.3) is 5.69 Å². The fraction of sp³-hybridized carbons (Fsp3) is 0.333. The lowest BCUT2D eigenvalue weighted by Gasteiger charge is -2.02. The minimum absolute atomic E-state index is 0.151. The molecule has 19 heavy (non-hydrogen) atoms. The Kier molecular flexibility index (Phi) is 4.19. The molecule has 0 aliphatic rings. The van der Waals surface area contributed by atoms with Crippen LogP contribution in [0.3, 0.4) is 0 Å². The summed E-state index contributed by atoms with van der Waals surface area (Å²) < 4.78 is 1.70. The van der Waals surface area contributed by atoms with Gasteiger partial charge in [-0.3, -0.25) is 14.8 Å². The molecule has 7 nitrogen and oxygen atoms in total. The fourth-order valence-corrected chi connectivity index (χ4v) is 1.85. The molecule has 2 rings (SSSR count). The van der Waals surface area contributed by atoms with E-state index in [0.29, 0.717) is 25.1 Å².